The molecule has 2 aromatic heterocycles. The largest absolute Gasteiger partial charge is 0.467 e. The number of furan rings is 1. The number of guanidine groups is 1. The molecule has 2 aromatic rings. The summed E-state index contributed by atoms with van der Waals surface area (Å²) in [4.78, 5) is 19.9. The topological polar surface area (TPSA) is 79.1 Å². The summed E-state index contributed by atoms with van der Waals surface area (Å²) >= 11 is 1.78. The Labute approximate surface area is 186 Å². The quantitative estimate of drug-likeness (QED) is 0.243. The Kier molecular flexibility index (Phi) is 9.79. The normalized spacial score (nSPS) is 13.6. The molecule has 3 heterocycles. The zero-order chi connectivity index (χ0) is 18.9. The van der Waals surface area contributed by atoms with Gasteiger partial charge in [-0.2, -0.15) is 0 Å². The van der Waals surface area contributed by atoms with Crippen molar-refractivity contribution in [3.8, 4) is 0 Å². The van der Waals surface area contributed by atoms with Crippen molar-refractivity contribution in [1.29, 1.82) is 0 Å². The second-order valence-electron chi connectivity index (χ2n) is 6.27. The molecule has 0 bridgehead atoms. The van der Waals surface area contributed by atoms with Crippen LogP contribution >= 0.6 is 35.3 Å². The number of hydrogen-bond donors (Lipinski definition) is 2. The summed E-state index contributed by atoms with van der Waals surface area (Å²) in [7, 11) is 1.70. The molecule has 0 saturated carbocycles. The first-order chi connectivity index (χ1) is 13.3. The molecule has 1 aliphatic heterocycles. The fourth-order valence-corrected chi connectivity index (χ4v) is 3.79. The number of carbonyl (C=O) groups excluding carboxylic acids is 1. The van der Waals surface area contributed by atoms with Gasteiger partial charge >= 0.3 is 0 Å². The van der Waals surface area contributed by atoms with Gasteiger partial charge in [0.1, 0.15) is 12.4 Å². The third kappa shape index (κ3) is 6.78. The summed E-state index contributed by atoms with van der Waals surface area (Å²) in [5.74, 6) is 1.55. The fourth-order valence-electron chi connectivity index (χ4n) is 2.90. The van der Waals surface area contributed by atoms with Crippen LogP contribution in [-0.2, 0) is 29.1 Å². The number of carbonyl (C=O) groups is 1. The van der Waals surface area contributed by atoms with Gasteiger partial charge in [-0.15, -0.1) is 35.3 Å². The molecule has 9 heteroatoms. The summed E-state index contributed by atoms with van der Waals surface area (Å²) in [5, 5.41) is 8.39. The van der Waals surface area contributed by atoms with Crippen molar-refractivity contribution in [3.63, 3.8) is 0 Å². The van der Waals surface area contributed by atoms with Gasteiger partial charge in [0.2, 0.25) is 5.91 Å². The van der Waals surface area contributed by atoms with Crippen molar-refractivity contribution in [2.45, 2.75) is 26.0 Å². The van der Waals surface area contributed by atoms with Gasteiger partial charge in [0.05, 0.1) is 12.8 Å². The summed E-state index contributed by atoms with van der Waals surface area (Å²) in [6.07, 6.45) is 3.42. The highest BCUT2D eigenvalue weighted by atomic mass is 127. The number of thiophene rings is 1. The highest BCUT2D eigenvalue weighted by Crippen LogP contribution is 2.23. The van der Waals surface area contributed by atoms with Crippen LogP contribution in [-0.4, -0.2) is 50.1 Å². The van der Waals surface area contributed by atoms with Crippen LogP contribution in [0.5, 0.6) is 0 Å². The highest BCUT2D eigenvalue weighted by Gasteiger charge is 2.21. The molecule has 1 amide bonds. The van der Waals surface area contributed by atoms with Crippen molar-refractivity contribution in [3.05, 3.63) is 46.0 Å². The van der Waals surface area contributed by atoms with E-state index in [4.69, 9.17) is 9.15 Å². The van der Waals surface area contributed by atoms with Gasteiger partial charge in [0.25, 0.3) is 0 Å². The summed E-state index contributed by atoms with van der Waals surface area (Å²) in [6, 6.07) is 5.85. The van der Waals surface area contributed by atoms with Crippen LogP contribution in [0, 0.1) is 0 Å². The molecule has 0 radical (unpaired) electrons. The first kappa shape index (κ1) is 22.7. The van der Waals surface area contributed by atoms with E-state index in [1.165, 1.54) is 10.4 Å². The van der Waals surface area contributed by atoms with Crippen molar-refractivity contribution < 1.29 is 13.9 Å². The van der Waals surface area contributed by atoms with E-state index in [-0.39, 0.29) is 36.4 Å². The number of amides is 1. The number of nitrogens with zero attached hydrogens (tertiary/aromatic N) is 2. The maximum absolute atomic E-state index is 12.4. The molecule has 3 rings (SSSR count). The Morgan fingerprint density at radius 3 is 3.07 bits per heavy atom. The van der Waals surface area contributed by atoms with Crippen molar-refractivity contribution in [1.82, 2.24) is 15.5 Å². The Morgan fingerprint density at radius 1 is 1.39 bits per heavy atom. The number of hydrogen-bond acceptors (Lipinski definition) is 5. The molecule has 0 aliphatic carbocycles. The first-order valence-electron chi connectivity index (χ1n) is 9.14. The van der Waals surface area contributed by atoms with E-state index in [2.05, 4.69) is 27.1 Å². The minimum absolute atomic E-state index is 0. The van der Waals surface area contributed by atoms with E-state index in [0.717, 1.165) is 25.1 Å². The van der Waals surface area contributed by atoms with E-state index in [9.17, 15) is 4.79 Å². The van der Waals surface area contributed by atoms with Gasteiger partial charge < -0.3 is 24.7 Å². The molecule has 0 fully saturated rings. The molecule has 0 saturated heterocycles. The van der Waals surface area contributed by atoms with Gasteiger partial charge in [-0.1, -0.05) is 0 Å². The average Bonchev–Trinajstić information content (AvgIpc) is 3.37. The number of aliphatic imine (C=N–C) groups is 1. The maximum Gasteiger partial charge on any atom is 0.242 e. The van der Waals surface area contributed by atoms with Crippen molar-refractivity contribution in [2.75, 3.05) is 33.3 Å². The molecule has 2 N–H and O–H groups in total. The highest BCUT2D eigenvalue weighted by molar-refractivity contribution is 14.0. The molecule has 1 aliphatic rings. The van der Waals surface area contributed by atoms with E-state index in [0.29, 0.717) is 32.3 Å². The Bertz CT molecular complexity index is 748. The lowest BCUT2D eigenvalue weighted by Gasteiger charge is -2.27. The van der Waals surface area contributed by atoms with E-state index in [1.807, 2.05) is 17.0 Å². The maximum atomic E-state index is 12.4. The number of halogens is 1. The Balaban J connectivity index is 0.00000280. The number of nitrogens with one attached hydrogen (secondary N) is 2. The Morgan fingerprint density at radius 2 is 2.29 bits per heavy atom. The Hall–Kier alpha value is -1.59. The summed E-state index contributed by atoms with van der Waals surface area (Å²) in [6.45, 7) is 3.56. The first-order valence-corrected chi connectivity index (χ1v) is 10.0. The zero-order valence-electron chi connectivity index (χ0n) is 16.0. The van der Waals surface area contributed by atoms with E-state index in [1.54, 1.807) is 24.6 Å². The van der Waals surface area contributed by atoms with Crippen molar-refractivity contribution in [2.24, 2.45) is 4.99 Å². The molecular formula is C19H27IN4O3S. The molecule has 0 unspecified atom stereocenters. The standard InChI is InChI=1S/C19H26N4O3S.HI/c1-20-19(21-7-3-9-25-14-16-4-2-10-26-16)22-12-18(24)23-8-5-17-15(13-23)6-11-27-17;/h2,4,6,10-11H,3,5,7-9,12-14H2,1H3,(H2,20,21,22);1H. The van der Waals surface area contributed by atoms with Gasteiger partial charge in [0.15, 0.2) is 5.96 Å². The number of ether oxygens (including phenoxy) is 1. The van der Waals surface area contributed by atoms with Crippen molar-refractivity contribution >= 4 is 47.2 Å². The molecular weight excluding hydrogens is 491 g/mol. The molecule has 28 heavy (non-hydrogen) atoms. The monoisotopic (exact) mass is 518 g/mol. The van der Waals surface area contributed by atoms with Gasteiger partial charge in [0, 0.05) is 38.2 Å². The third-order valence-electron chi connectivity index (χ3n) is 4.37. The fraction of sp³-hybridized carbons (Fsp3) is 0.474. The van der Waals surface area contributed by atoms with Crippen LogP contribution in [0.15, 0.2) is 39.3 Å². The molecule has 7 nitrogen and oxygen atoms in total. The smallest absolute Gasteiger partial charge is 0.242 e. The third-order valence-corrected chi connectivity index (χ3v) is 5.40. The number of fused-ring (bicyclic) bond motifs is 1. The van der Waals surface area contributed by atoms with E-state index >= 15 is 0 Å². The predicted octanol–water partition coefficient (Wildman–Crippen LogP) is 2.62. The van der Waals surface area contributed by atoms with Crippen LogP contribution in [0.2, 0.25) is 0 Å². The van der Waals surface area contributed by atoms with Crippen LogP contribution in [0.25, 0.3) is 0 Å². The van der Waals surface area contributed by atoms with Gasteiger partial charge in [-0.05, 0) is 42.0 Å². The lowest BCUT2D eigenvalue weighted by Crippen LogP contribution is -2.46. The van der Waals surface area contributed by atoms with Crippen LogP contribution < -0.4 is 10.6 Å². The van der Waals surface area contributed by atoms with Gasteiger partial charge in [-0.3, -0.25) is 9.79 Å². The zero-order valence-corrected chi connectivity index (χ0v) is 19.1. The average molecular weight is 518 g/mol. The van der Waals surface area contributed by atoms with Crippen LogP contribution in [0.1, 0.15) is 22.6 Å². The number of rotatable bonds is 8. The summed E-state index contributed by atoms with van der Waals surface area (Å²) < 4.78 is 10.7. The van der Waals surface area contributed by atoms with Crippen LogP contribution in [0.4, 0.5) is 0 Å². The summed E-state index contributed by atoms with van der Waals surface area (Å²) in [5.41, 5.74) is 1.27. The van der Waals surface area contributed by atoms with Gasteiger partial charge in [-0.25, -0.2) is 0 Å². The molecule has 0 atom stereocenters. The van der Waals surface area contributed by atoms with E-state index < -0.39 is 0 Å². The second kappa shape index (κ2) is 12.1. The predicted molar refractivity (Wildman–Crippen MR) is 121 cm³/mol. The lowest BCUT2D eigenvalue weighted by molar-refractivity contribution is -0.130. The lowest BCUT2D eigenvalue weighted by atomic mass is 10.1. The minimum atomic E-state index is 0. The minimum Gasteiger partial charge on any atom is -0.467 e. The van der Waals surface area contributed by atoms with Crippen LogP contribution in [0.3, 0.4) is 0 Å². The molecule has 0 spiro atoms. The SMILES string of the molecule is CN=C(NCCCOCc1ccco1)NCC(=O)N1CCc2sccc2C1.I. The molecule has 154 valence electrons. The second-order valence-corrected chi connectivity index (χ2v) is 7.27. The molecule has 0 aromatic carbocycles.